The summed E-state index contributed by atoms with van der Waals surface area (Å²) < 4.78 is 0. The molecule has 0 aliphatic rings. The molecule has 0 aromatic heterocycles. The van der Waals surface area contributed by atoms with Gasteiger partial charge in [-0.15, -0.1) is 0 Å². The maximum Gasteiger partial charge on any atom is 2.00 e. The molecule has 0 aliphatic heterocycles. The van der Waals surface area contributed by atoms with Crippen molar-refractivity contribution in [2.45, 2.75) is 0 Å². The molecule has 2 N–H and O–H groups in total. The van der Waals surface area contributed by atoms with Gasteiger partial charge in [-0.3, -0.25) is 4.70 Å². The summed E-state index contributed by atoms with van der Waals surface area (Å²) in [5.41, 5.74) is 0. The van der Waals surface area contributed by atoms with Gasteiger partial charge in [-0.1, -0.05) is 0 Å². The van der Waals surface area contributed by atoms with Crippen molar-refractivity contribution in [1.82, 2.24) is 0 Å². The zero-order valence-corrected chi connectivity index (χ0v) is 8.70. The van der Waals surface area contributed by atoms with E-state index >= 15 is 0 Å². The quantitative estimate of drug-likeness (QED) is 0.515. The standard InChI is InChI=1S/Ba.FH.Nb.H2O.2H/h;1H;;1H2;;/q+2;;;;2*-1. The van der Waals surface area contributed by atoms with E-state index in [4.69, 9.17) is 0 Å². The molecule has 0 saturated carbocycles. The monoisotopic (exact) mass is 271 g/mol. The summed E-state index contributed by atoms with van der Waals surface area (Å²) in [6.07, 6.45) is 0. The van der Waals surface area contributed by atoms with Gasteiger partial charge < -0.3 is 8.33 Å². The Balaban J connectivity index is 0. The van der Waals surface area contributed by atoms with Gasteiger partial charge in [0.1, 0.15) is 0 Å². The van der Waals surface area contributed by atoms with E-state index in [-0.39, 0.29) is 84.3 Å². The van der Waals surface area contributed by atoms with E-state index in [1.807, 2.05) is 0 Å². The van der Waals surface area contributed by atoms with Crippen molar-refractivity contribution in [3.05, 3.63) is 0 Å². The Hall–Kier alpha value is 2.20. The van der Waals surface area contributed by atoms with Crippen LogP contribution in [0.2, 0.25) is 0 Å². The Morgan fingerprint density at radius 3 is 1.25 bits per heavy atom. The van der Waals surface area contributed by atoms with Crippen LogP contribution in [0, 0.1) is 0 Å². The first kappa shape index (κ1) is 34.6. The topological polar surface area (TPSA) is 31.5 Å². The van der Waals surface area contributed by atoms with Crippen LogP contribution in [0.15, 0.2) is 0 Å². The Bertz CT molecular complexity index is 13.5. The Kier molecular flexibility index (Phi) is 164. The van der Waals surface area contributed by atoms with Crippen LogP contribution in [0.5, 0.6) is 0 Å². The third-order valence-corrected chi connectivity index (χ3v) is 0. The third kappa shape index (κ3) is 8.89. The number of hydrogen-bond acceptors (Lipinski definition) is 0. The van der Waals surface area contributed by atoms with E-state index in [0.29, 0.717) is 0 Å². The van der Waals surface area contributed by atoms with Gasteiger partial charge in [0.2, 0.25) is 0 Å². The molecule has 0 spiro atoms. The molecule has 4 heavy (non-hydrogen) atoms. The number of halogens is 1. The normalized spacial score (nSPS) is 0. The van der Waals surface area contributed by atoms with E-state index < -0.39 is 0 Å². The van der Waals surface area contributed by atoms with Gasteiger partial charge in [0.25, 0.3) is 0 Å². The SMILES string of the molecule is F.O.[Ba+2].[H-].[H-].[Nb]. The summed E-state index contributed by atoms with van der Waals surface area (Å²) in [5.74, 6) is 0. The first-order chi connectivity index (χ1) is 0. The molecule has 0 aromatic carbocycles. The van der Waals surface area contributed by atoms with Gasteiger partial charge in [0, 0.05) is 22.4 Å². The average molecular weight is 270 g/mol. The van der Waals surface area contributed by atoms with Crippen molar-refractivity contribution >= 4 is 48.9 Å². The average Bonchev–Trinajstić information content (AvgIpc) is 0. The summed E-state index contributed by atoms with van der Waals surface area (Å²) in [5, 5.41) is 0. The second-order valence-electron chi connectivity index (χ2n) is 0. The smallest absolute Gasteiger partial charge is 1.00 e. The van der Waals surface area contributed by atoms with Crippen molar-refractivity contribution in [2.75, 3.05) is 0 Å². The predicted molar refractivity (Wildman–Crippen MR) is 14.1 cm³/mol. The Morgan fingerprint density at radius 2 is 1.25 bits per heavy atom. The first-order valence-electron chi connectivity index (χ1n) is 0. The van der Waals surface area contributed by atoms with Gasteiger partial charge >= 0.3 is 48.9 Å². The van der Waals surface area contributed by atoms with Crippen molar-refractivity contribution in [1.29, 1.82) is 0 Å². The second-order valence-corrected chi connectivity index (χ2v) is 0. The summed E-state index contributed by atoms with van der Waals surface area (Å²) in [6.45, 7) is 0. The minimum absolute atomic E-state index is 0. The molecule has 0 saturated heterocycles. The van der Waals surface area contributed by atoms with Crippen LogP contribution in [0.4, 0.5) is 4.70 Å². The maximum atomic E-state index is 0. The van der Waals surface area contributed by atoms with Crippen molar-refractivity contribution < 1.29 is 35.4 Å². The number of hydrogen-bond donors (Lipinski definition) is 0. The molecule has 0 heterocycles. The Labute approximate surface area is 82.8 Å². The van der Waals surface area contributed by atoms with E-state index in [0.717, 1.165) is 0 Å². The zero-order chi connectivity index (χ0) is 0. The van der Waals surface area contributed by atoms with Crippen LogP contribution >= 0.6 is 0 Å². The molecule has 1 nitrogen and oxygen atoms in total. The molecule has 0 amide bonds. The largest absolute Gasteiger partial charge is 2.00 e. The third-order valence-electron chi connectivity index (χ3n) is 0. The molecular formula is H5BaFNbO. The molecule has 25 valence electrons. The summed E-state index contributed by atoms with van der Waals surface area (Å²) in [7, 11) is 0. The van der Waals surface area contributed by atoms with Crippen molar-refractivity contribution in [2.24, 2.45) is 0 Å². The molecular weight excluding hydrogens is 265 g/mol. The minimum Gasteiger partial charge on any atom is -1.00 e. The van der Waals surface area contributed by atoms with Gasteiger partial charge in [0.05, 0.1) is 0 Å². The van der Waals surface area contributed by atoms with Crippen LogP contribution in [-0.4, -0.2) is 54.4 Å². The van der Waals surface area contributed by atoms with Gasteiger partial charge in [-0.05, 0) is 0 Å². The van der Waals surface area contributed by atoms with E-state index in [9.17, 15) is 0 Å². The van der Waals surface area contributed by atoms with E-state index in [1.165, 1.54) is 0 Å². The molecule has 0 rings (SSSR count). The second kappa shape index (κ2) is 18.9. The zero-order valence-electron chi connectivity index (χ0n) is 4.06. The van der Waals surface area contributed by atoms with Gasteiger partial charge in [0.15, 0.2) is 0 Å². The van der Waals surface area contributed by atoms with E-state index in [1.54, 1.807) is 0 Å². The molecule has 0 bridgehead atoms. The summed E-state index contributed by atoms with van der Waals surface area (Å²) in [6, 6.07) is 0. The van der Waals surface area contributed by atoms with E-state index in [2.05, 4.69) is 0 Å². The summed E-state index contributed by atoms with van der Waals surface area (Å²) in [4.78, 5) is 0. The van der Waals surface area contributed by atoms with Crippen molar-refractivity contribution in [3.8, 4) is 0 Å². The van der Waals surface area contributed by atoms with Crippen molar-refractivity contribution in [3.63, 3.8) is 0 Å². The Morgan fingerprint density at radius 1 is 1.25 bits per heavy atom. The van der Waals surface area contributed by atoms with Crippen LogP contribution in [0.3, 0.4) is 0 Å². The molecule has 0 aliphatic carbocycles. The van der Waals surface area contributed by atoms with Crippen LogP contribution in [0.1, 0.15) is 2.85 Å². The van der Waals surface area contributed by atoms with Gasteiger partial charge in [-0.25, -0.2) is 0 Å². The van der Waals surface area contributed by atoms with Crippen LogP contribution in [0.25, 0.3) is 0 Å². The minimum atomic E-state index is 0. The molecule has 0 unspecified atom stereocenters. The van der Waals surface area contributed by atoms with Crippen LogP contribution < -0.4 is 0 Å². The number of rotatable bonds is 0. The van der Waals surface area contributed by atoms with Crippen LogP contribution in [-0.2, 0) is 22.4 Å². The molecule has 0 fully saturated rings. The fraction of sp³-hybridized carbons (Fsp3) is 0. The predicted octanol–water partition coefficient (Wildman–Crippen LogP) is -0.831. The fourth-order valence-electron chi connectivity index (χ4n) is 0. The summed E-state index contributed by atoms with van der Waals surface area (Å²) >= 11 is 0. The fourth-order valence-corrected chi connectivity index (χ4v) is 0. The molecule has 1 radical (unpaired) electrons. The first-order valence-corrected chi connectivity index (χ1v) is 0. The molecule has 4 heteroatoms. The molecule has 0 aromatic rings. The van der Waals surface area contributed by atoms with Gasteiger partial charge in [-0.2, -0.15) is 0 Å². The molecule has 0 atom stereocenters. The maximum absolute atomic E-state index is 0.